The molecule has 0 saturated carbocycles. The van der Waals surface area contributed by atoms with Crippen molar-refractivity contribution in [2.24, 2.45) is 0 Å². The van der Waals surface area contributed by atoms with Crippen LogP contribution in [0.25, 0.3) is 11.1 Å². The van der Waals surface area contributed by atoms with Gasteiger partial charge in [0, 0.05) is 11.3 Å². The van der Waals surface area contributed by atoms with Crippen molar-refractivity contribution in [2.45, 2.75) is 31.6 Å². The lowest BCUT2D eigenvalue weighted by atomic mass is 9.94. The van der Waals surface area contributed by atoms with Crippen LogP contribution in [-0.2, 0) is 21.7 Å². The predicted octanol–water partition coefficient (Wildman–Crippen LogP) is 6.16. The van der Waals surface area contributed by atoms with Crippen LogP contribution in [0.3, 0.4) is 0 Å². The molecule has 184 valence electrons. The third-order valence-electron chi connectivity index (χ3n) is 5.81. The fraction of sp³-hybridized carbons (Fsp3) is 0.310. The van der Waals surface area contributed by atoms with Crippen LogP contribution in [0.1, 0.15) is 33.5 Å². The summed E-state index contributed by atoms with van der Waals surface area (Å²) < 4.78 is 4.92. The van der Waals surface area contributed by atoms with Gasteiger partial charge in [0.05, 0.1) is 7.11 Å². The SMILES string of the molecule is COC(=O)C(CCSC)NC(=O)c1ccc(CSCCc2ccccc2)cc1-c1ccccc1C. The van der Waals surface area contributed by atoms with E-state index in [9.17, 15) is 9.59 Å². The van der Waals surface area contributed by atoms with Crippen LogP contribution < -0.4 is 5.32 Å². The first-order valence-corrected chi connectivity index (χ1v) is 14.3. The number of esters is 1. The predicted molar refractivity (Wildman–Crippen MR) is 149 cm³/mol. The normalized spacial score (nSPS) is 11.6. The molecule has 1 unspecified atom stereocenters. The number of benzene rings is 3. The number of hydrogen-bond donors (Lipinski definition) is 1. The molecule has 0 aromatic heterocycles. The maximum absolute atomic E-state index is 13.3. The van der Waals surface area contributed by atoms with E-state index in [1.165, 1.54) is 18.2 Å². The standard InChI is InChI=1S/C29H33NO3S2/c1-21-9-7-8-12-24(21)26-19-23(20-35-18-15-22-10-5-4-6-11-22)13-14-25(26)28(31)30-27(16-17-34-3)29(32)33-2/h4-14,19,27H,15-18,20H2,1-3H3,(H,30,31). The van der Waals surface area contributed by atoms with Gasteiger partial charge in [-0.1, -0.05) is 60.7 Å². The van der Waals surface area contributed by atoms with E-state index in [2.05, 4.69) is 35.6 Å². The fourth-order valence-electron chi connectivity index (χ4n) is 3.86. The van der Waals surface area contributed by atoms with Crippen molar-refractivity contribution in [1.29, 1.82) is 0 Å². The van der Waals surface area contributed by atoms with Gasteiger partial charge in [-0.3, -0.25) is 4.79 Å². The van der Waals surface area contributed by atoms with E-state index in [4.69, 9.17) is 4.74 Å². The van der Waals surface area contributed by atoms with Crippen LogP contribution in [0.5, 0.6) is 0 Å². The minimum absolute atomic E-state index is 0.261. The Labute approximate surface area is 217 Å². The van der Waals surface area contributed by atoms with Crippen molar-refractivity contribution in [1.82, 2.24) is 5.32 Å². The lowest BCUT2D eigenvalue weighted by molar-refractivity contribution is -0.142. The summed E-state index contributed by atoms with van der Waals surface area (Å²) in [7, 11) is 1.35. The highest BCUT2D eigenvalue weighted by Crippen LogP contribution is 2.29. The van der Waals surface area contributed by atoms with E-state index in [0.717, 1.165) is 40.4 Å². The third-order valence-corrected chi connectivity index (χ3v) is 7.49. The van der Waals surface area contributed by atoms with Crippen LogP contribution >= 0.6 is 23.5 Å². The molecule has 3 rings (SSSR count). The summed E-state index contributed by atoms with van der Waals surface area (Å²) >= 11 is 3.52. The number of carbonyl (C=O) groups is 2. The van der Waals surface area contributed by atoms with Crippen molar-refractivity contribution in [3.63, 3.8) is 0 Å². The summed E-state index contributed by atoms with van der Waals surface area (Å²) in [5.74, 6) is 1.97. The maximum Gasteiger partial charge on any atom is 0.328 e. The number of amides is 1. The average molecular weight is 508 g/mol. The van der Waals surface area contributed by atoms with Crippen LogP contribution in [0.4, 0.5) is 0 Å². The highest BCUT2D eigenvalue weighted by molar-refractivity contribution is 7.98. The molecule has 3 aromatic rings. The molecule has 0 spiro atoms. The zero-order valence-electron chi connectivity index (χ0n) is 20.6. The number of thioether (sulfide) groups is 2. The number of nitrogens with one attached hydrogen (secondary N) is 1. The molecule has 0 fully saturated rings. The van der Waals surface area contributed by atoms with Crippen LogP contribution in [0.15, 0.2) is 72.8 Å². The molecule has 0 radical (unpaired) electrons. The Balaban J connectivity index is 1.80. The number of aryl methyl sites for hydroxylation is 2. The van der Waals surface area contributed by atoms with Gasteiger partial charge in [-0.25, -0.2) is 4.79 Å². The Morgan fingerprint density at radius 2 is 1.66 bits per heavy atom. The van der Waals surface area contributed by atoms with Crippen molar-refractivity contribution >= 4 is 35.4 Å². The molecule has 6 heteroatoms. The number of hydrogen-bond acceptors (Lipinski definition) is 5. The lowest BCUT2D eigenvalue weighted by Gasteiger charge is -2.19. The highest BCUT2D eigenvalue weighted by atomic mass is 32.2. The number of rotatable bonds is 12. The Hall–Kier alpha value is -2.70. The molecule has 4 nitrogen and oxygen atoms in total. The van der Waals surface area contributed by atoms with Gasteiger partial charge >= 0.3 is 5.97 Å². The summed E-state index contributed by atoms with van der Waals surface area (Å²) in [5.41, 5.74) is 6.08. The van der Waals surface area contributed by atoms with Gasteiger partial charge in [-0.2, -0.15) is 23.5 Å². The van der Waals surface area contributed by atoms with Gasteiger partial charge in [0.2, 0.25) is 0 Å². The topological polar surface area (TPSA) is 55.4 Å². The molecule has 0 bridgehead atoms. The molecule has 1 amide bonds. The number of ether oxygens (including phenoxy) is 1. The van der Waals surface area contributed by atoms with Crippen molar-refractivity contribution < 1.29 is 14.3 Å². The first-order valence-electron chi connectivity index (χ1n) is 11.7. The lowest BCUT2D eigenvalue weighted by Crippen LogP contribution is -2.42. The summed E-state index contributed by atoms with van der Waals surface area (Å²) in [4.78, 5) is 25.6. The number of methoxy groups -OCH3 is 1. The quantitative estimate of drug-likeness (QED) is 0.235. The van der Waals surface area contributed by atoms with Gasteiger partial charge in [-0.15, -0.1) is 0 Å². The summed E-state index contributed by atoms with van der Waals surface area (Å²) in [6, 6.07) is 23.9. The van der Waals surface area contributed by atoms with Crippen molar-refractivity contribution in [3.05, 3.63) is 95.1 Å². The van der Waals surface area contributed by atoms with Gasteiger partial charge < -0.3 is 10.1 Å². The molecule has 1 atom stereocenters. The molecule has 0 heterocycles. The molecule has 35 heavy (non-hydrogen) atoms. The Bertz CT molecular complexity index is 1120. The first kappa shape index (κ1) is 26.9. The first-order chi connectivity index (χ1) is 17.0. The minimum Gasteiger partial charge on any atom is -0.467 e. The third kappa shape index (κ3) is 7.91. The maximum atomic E-state index is 13.3. The molecular formula is C29H33NO3S2. The molecular weight excluding hydrogens is 474 g/mol. The van der Waals surface area contributed by atoms with E-state index in [0.29, 0.717) is 12.0 Å². The van der Waals surface area contributed by atoms with Crippen LogP contribution in [0.2, 0.25) is 0 Å². The zero-order chi connectivity index (χ0) is 25.0. The van der Waals surface area contributed by atoms with Crippen molar-refractivity contribution in [3.8, 4) is 11.1 Å². The summed E-state index contributed by atoms with van der Waals surface area (Å²) in [6.07, 6.45) is 3.53. The van der Waals surface area contributed by atoms with E-state index in [-0.39, 0.29) is 5.91 Å². The van der Waals surface area contributed by atoms with Crippen molar-refractivity contribution in [2.75, 3.05) is 24.9 Å². The van der Waals surface area contributed by atoms with E-state index >= 15 is 0 Å². The smallest absolute Gasteiger partial charge is 0.328 e. The second-order valence-corrected chi connectivity index (χ2v) is 10.4. The molecule has 0 aliphatic carbocycles. The highest BCUT2D eigenvalue weighted by Gasteiger charge is 2.23. The van der Waals surface area contributed by atoms with Gasteiger partial charge in [0.15, 0.2) is 0 Å². The van der Waals surface area contributed by atoms with Crippen LogP contribution in [0, 0.1) is 6.92 Å². The Kier molecular flexibility index (Phi) is 10.8. The number of carbonyl (C=O) groups excluding carboxylic acids is 2. The minimum atomic E-state index is -0.669. The average Bonchev–Trinajstić information content (AvgIpc) is 2.89. The molecule has 0 saturated heterocycles. The molecule has 0 aliphatic rings. The molecule has 3 aromatic carbocycles. The summed E-state index contributed by atoms with van der Waals surface area (Å²) in [5, 5.41) is 2.91. The Morgan fingerprint density at radius 1 is 0.914 bits per heavy atom. The Morgan fingerprint density at radius 3 is 2.37 bits per heavy atom. The monoisotopic (exact) mass is 507 g/mol. The zero-order valence-corrected chi connectivity index (χ0v) is 22.2. The largest absolute Gasteiger partial charge is 0.467 e. The second kappa shape index (κ2) is 14.0. The fourth-order valence-corrected chi connectivity index (χ4v) is 5.28. The van der Waals surface area contributed by atoms with Gasteiger partial charge in [0.25, 0.3) is 5.91 Å². The second-order valence-electron chi connectivity index (χ2n) is 8.31. The van der Waals surface area contributed by atoms with E-state index in [1.807, 2.05) is 67.4 Å². The van der Waals surface area contributed by atoms with E-state index in [1.54, 1.807) is 11.8 Å². The summed E-state index contributed by atoms with van der Waals surface area (Å²) in [6.45, 7) is 2.05. The van der Waals surface area contributed by atoms with Gasteiger partial charge in [-0.05, 0) is 77.5 Å². The molecule has 0 aliphatic heterocycles. The van der Waals surface area contributed by atoms with Gasteiger partial charge in [0.1, 0.15) is 6.04 Å². The van der Waals surface area contributed by atoms with Crippen LogP contribution in [-0.4, -0.2) is 42.8 Å². The molecule has 1 N–H and O–H groups in total. The van der Waals surface area contributed by atoms with E-state index < -0.39 is 12.0 Å².